The Hall–Kier alpha value is -12.9. The minimum absolute atomic E-state index is 0.185. The van der Waals surface area contributed by atoms with Crippen molar-refractivity contribution in [1.82, 2.24) is 0 Å². The largest absolute Gasteiger partial charge is 0.455 e. The Morgan fingerprint density at radius 1 is 0.264 bits per heavy atom. The third-order valence-electron chi connectivity index (χ3n) is 21.6. The van der Waals surface area contributed by atoms with Gasteiger partial charge >= 0.3 is 0 Å². The van der Waals surface area contributed by atoms with Crippen molar-refractivity contribution in [2.75, 3.05) is 9.80 Å². The summed E-state index contributed by atoms with van der Waals surface area (Å²) in [6, 6.07) is 107. The zero-order valence-electron chi connectivity index (χ0n) is 68.7. The van der Waals surface area contributed by atoms with Gasteiger partial charge in [-0.05, 0) is 203 Å². The van der Waals surface area contributed by atoms with Gasteiger partial charge in [-0.3, -0.25) is 0 Å². The number of hydrogen-bond donors (Lipinski definition) is 0. The number of furan rings is 1. The van der Waals surface area contributed by atoms with Crippen LogP contribution >= 0.6 is 11.3 Å². The molecule has 2 heterocycles. The van der Waals surface area contributed by atoms with Crippen LogP contribution in [0.2, 0.25) is 0 Å². The number of anilines is 6. The predicted molar refractivity (Wildman–Crippen MR) is 450 cm³/mol. The molecule has 0 spiro atoms. The standard InChI is InChI=1S/C51H37NO.C51H37NS/c2*1-51(2)47-32-38(42-17-11-18-46-45-16-9-10-19-49(45)53-50(42)46)24-30-43(47)44-31-29-41(33-48(44)51)52(39-25-20-36(21-26-39)34-12-5-3-6-13-34)40-27-22-37(23-28-40)35-14-7-4-8-15-35/h2*3-33H,1-2H3/i2*3D,5D,6D,12D,13D. The maximum absolute atomic E-state index is 8.57. The van der Waals surface area contributed by atoms with Crippen LogP contribution in [-0.4, -0.2) is 0 Å². The van der Waals surface area contributed by atoms with Gasteiger partial charge in [-0.25, -0.2) is 0 Å². The molecule has 16 aromatic carbocycles. The van der Waals surface area contributed by atoms with Crippen LogP contribution in [0.25, 0.3) is 131 Å². The second-order valence-corrected chi connectivity index (χ2v) is 29.4. The smallest absolute Gasteiger partial charge is 0.143 e. The Labute approximate surface area is 637 Å². The lowest BCUT2D eigenvalue weighted by Crippen LogP contribution is -2.16. The van der Waals surface area contributed by atoms with Gasteiger partial charge < -0.3 is 14.2 Å². The quantitative estimate of drug-likeness (QED) is 0.122. The van der Waals surface area contributed by atoms with Crippen molar-refractivity contribution in [1.29, 1.82) is 0 Å². The number of nitrogens with zero attached hydrogens (tertiary/aromatic N) is 2. The van der Waals surface area contributed by atoms with Gasteiger partial charge in [0.25, 0.3) is 0 Å². The van der Waals surface area contributed by atoms with Gasteiger partial charge in [-0.1, -0.05) is 307 Å². The number of benzene rings is 16. The summed E-state index contributed by atoms with van der Waals surface area (Å²) in [7, 11) is 0. The fourth-order valence-electron chi connectivity index (χ4n) is 16.1. The first-order valence-electron chi connectivity index (χ1n) is 40.9. The molecule has 3 nitrogen and oxygen atoms in total. The van der Waals surface area contributed by atoms with E-state index in [2.05, 4.69) is 250 Å². The normalized spacial score (nSPS) is 14.2. The van der Waals surface area contributed by atoms with Crippen LogP contribution in [0.5, 0.6) is 0 Å². The SMILES string of the molecule is [2H]c1c([2H])c([2H])c(-c2ccc(N(c3ccc(-c4ccccc4)cc3)c3ccc4c(c3)C(C)(C)c3cc(-c5cccc6c5oc5ccccc56)ccc3-4)cc2)c([2H])c1[2H].[2H]c1c([2H])c([2H])c(-c2ccc(N(c3ccc(-c4ccccc4)cc3)c3ccc4c(c3)C(C)(C)c3cc(-c5cccc6c5sc5ccccc56)ccc3-4)cc2)c([2H])c1[2H]. The van der Waals surface area contributed by atoms with Crippen molar-refractivity contribution in [2.45, 2.75) is 38.5 Å². The van der Waals surface area contributed by atoms with E-state index in [1.807, 2.05) is 114 Å². The zero-order chi connectivity index (χ0) is 79.7. The van der Waals surface area contributed by atoms with Gasteiger partial charge in [-0.2, -0.15) is 0 Å². The molecule has 0 unspecified atom stereocenters. The summed E-state index contributed by atoms with van der Waals surface area (Å²) < 4.78 is 92.4. The number of rotatable bonds is 12. The molecule has 0 radical (unpaired) electrons. The summed E-state index contributed by atoms with van der Waals surface area (Å²) in [6.45, 7) is 9.22. The summed E-state index contributed by atoms with van der Waals surface area (Å²) in [6.07, 6.45) is 0. The minimum atomic E-state index is -0.401. The van der Waals surface area contributed by atoms with Gasteiger partial charge in [0.1, 0.15) is 11.2 Å². The molecule has 0 fully saturated rings. The number of hydrogen-bond acceptors (Lipinski definition) is 4. The first-order valence-corrected chi connectivity index (χ1v) is 36.7. The molecule has 4 heteroatoms. The lowest BCUT2D eigenvalue weighted by molar-refractivity contribution is 0.660. The van der Waals surface area contributed by atoms with Crippen LogP contribution in [0.3, 0.4) is 0 Å². The van der Waals surface area contributed by atoms with E-state index in [4.69, 9.17) is 18.1 Å². The fourth-order valence-corrected chi connectivity index (χ4v) is 17.4. The van der Waals surface area contributed by atoms with Crippen LogP contribution in [-0.2, 0) is 10.8 Å². The van der Waals surface area contributed by atoms with E-state index < -0.39 is 12.1 Å². The van der Waals surface area contributed by atoms with E-state index in [1.54, 1.807) is 0 Å². The molecule has 0 bridgehead atoms. The van der Waals surface area contributed by atoms with Crippen molar-refractivity contribution in [2.24, 2.45) is 0 Å². The monoisotopic (exact) mass is 1380 g/mol. The van der Waals surface area contributed by atoms with Gasteiger partial charge in [0.2, 0.25) is 0 Å². The summed E-state index contributed by atoms with van der Waals surface area (Å²) in [5.74, 6) is 0. The topological polar surface area (TPSA) is 19.6 Å². The second kappa shape index (κ2) is 26.1. The van der Waals surface area contributed by atoms with E-state index in [0.29, 0.717) is 11.1 Å². The van der Waals surface area contributed by atoms with E-state index in [1.165, 1.54) is 75.8 Å². The molecule has 2 aromatic heterocycles. The molecule has 0 N–H and O–H groups in total. The summed E-state index contributed by atoms with van der Waals surface area (Å²) in [5.41, 5.74) is 27.4. The Morgan fingerprint density at radius 2 is 0.613 bits per heavy atom. The van der Waals surface area contributed by atoms with Crippen LogP contribution in [0.4, 0.5) is 34.1 Å². The highest BCUT2D eigenvalue weighted by Gasteiger charge is 2.38. The zero-order valence-corrected chi connectivity index (χ0v) is 59.5. The molecule has 0 amide bonds. The van der Waals surface area contributed by atoms with Crippen molar-refractivity contribution < 1.29 is 18.1 Å². The summed E-state index contributed by atoms with van der Waals surface area (Å²) in [5, 5.41) is 4.82. The maximum Gasteiger partial charge on any atom is 0.143 e. The lowest BCUT2D eigenvalue weighted by Gasteiger charge is -2.28. The highest BCUT2D eigenvalue weighted by atomic mass is 32.1. The van der Waals surface area contributed by atoms with Gasteiger partial charge in [0, 0.05) is 81.5 Å². The van der Waals surface area contributed by atoms with Crippen LogP contribution in [0, 0.1) is 0 Å². The Balaban J connectivity index is 0.000000155. The molecule has 2 aliphatic rings. The Kier molecular flexibility index (Phi) is 13.3. The number of fused-ring (bicyclic) bond motifs is 12. The molecule has 0 saturated heterocycles. The van der Waals surface area contributed by atoms with Crippen LogP contribution < -0.4 is 9.80 Å². The highest BCUT2D eigenvalue weighted by Crippen LogP contribution is 2.55. The van der Waals surface area contributed by atoms with E-state index >= 15 is 0 Å². The fraction of sp³-hybridized carbons (Fsp3) is 0.0588. The third kappa shape index (κ3) is 11.2. The van der Waals surface area contributed by atoms with Gasteiger partial charge in [0.05, 0.1) is 13.7 Å². The number of thiophene rings is 1. The molecule has 2 aliphatic carbocycles. The minimum Gasteiger partial charge on any atom is -0.455 e. The summed E-state index contributed by atoms with van der Waals surface area (Å²) in [4.78, 5) is 4.45. The molecular formula is C102H74N2OS. The van der Waals surface area contributed by atoms with E-state index in [0.717, 1.165) is 89.4 Å². The molecule has 106 heavy (non-hydrogen) atoms. The third-order valence-corrected chi connectivity index (χ3v) is 22.8. The van der Waals surface area contributed by atoms with E-state index in [-0.39, 0.29) is 70.3 Å². The van der Waals surface area contributed by atoms with E-state index in [9.17, 15) is 0 Å². The average Bonchev–Trinajstić information content (AvgIpc) is 1.56. The van der Waals surface area contributed by atoms with Crippen molar-refractivity contribution in [3.05, 3.63) is 398 Å². The average molecular weight is 1390 g/mol. The molecule has 0 saturated carbocycles. The van der Waals surface area contributed by atoms with Crippen molar-refractivity contribution in [3.8, 4) is 89.0 Å². The molecule has 20 rings (SSSR count). The Morgan fingerprint density at radius 3 is 1.09 bits per heavy atom. The van der Waals surface area contributed by atoms with Crippen LogP contribution in [0.15, 0.2) is 380 Å². The second-order valence-electron chi connectivity index (χ2n) is 28.4. The number of para-hydroxylation sites is 2. The highest BCUT2D eigenvalue weighted by molar-refractivity contribution is 7.26. The van der Waals surface area contributed by atoms with Gasteiger partial charge in [-0.15, -0.1) is 11.3 Å². The first-order chi connectivity index (χ1) is 56.2. The first kappa shape index (κ1) is 53.9. The van der Waals surface area contributed by atoms with Crippen LogP contribution in [0.1, 0.15) is 63.7 Å². The predicted octanol–water partition coefficient (Wildman–Crippen LogP) is 29.2. The molecule has 0 aliphatic heterocycles. The molecule has 18 aromatic rings. The molecular weight excluding hydrogens is 1300 g/mol. The lowest BCUT2D eigenvalue weighted by atomic mass is 9.81. The van der Waals surface area contributed by atoms with Gasteiger partial charge in [0.15, 0.2) is 0 Å². The Bertz CT molecular complexity index is 6520. The molecule has 504 valence electrons. The van der Waals surface area contributed by atoms with Crippen molar-refractivity contribution >= 4 is 87.6 Å². The van der Waals surface area contributed by atoms with Crippen molar-refractivity contribution in [3.63, 3.8) is 0 Å². The maximum atomic E-state index is 8.57. The summed E-state index contributed by atoms with van der Waals surface area (Å²) >= 11 is 1.86. The molecule has 0 atom stereocenters.